The molecule has 2 aromatic rings. The average molecular weight is 303 g/mol. The molecule has 1 N–H and O–H groups in total. The van der Waals surface area contributed by atoms with Gasteiger partial charge in [0.05, 0.1) is 28.9 Å². The lowest BCUT2D eigenvalue weighted by Gasteiger charge is -2.14. The van der Waals surface area contributed by atoms with Gasteiger partial charge in [-0.2, -0.15) is 5.26 Å². The van der Waals surface area contributed by atoms with Gasteiger partial charge in [0.15, 0.2) is 0 Å². The van der Waals surface area contributed by atoms with Crippen LogP contribution in [0.25, 0.3) is 0 Å². The van der Waals surface area contributed by atoms with Crippen LogP contribution in [0, 0.1) is 17.1 Å². The van der Waals surface area contributed by atoms with E-state index in [0.29, 0.717) is 23.6 Å². The summed E-state index contributed by atoms with van der Waals surface area (Å²) in [6.07, 6.45) is 0.599. The largest absolute Gasteiger partial charge is 0.488 e. The minimum atomic E-state index is -0.249. The van der Waals surface area contributed by atoms with Crippen LogP contribution in [0.2, 0.25) is 5.02 Å². The Morgan fingerprint density at radius 1 is 1.33 bits per heavy atom. The lowest BCUT2D eigenvalue weighted by molar-refractivity contribution is 0.246. The summed E-state index contributed by atoms with van der Waals surface area (Å²) < 4.78 is 18.9. The number of hydrogen-bond acceptors (Lipinski definition) is 3. The third-order valence-electron chi connectivity index (χ3n) is 3.38. The summed E-state index contributed by atoms with van der Waals surface area (Å²) in [6, 6.07) is 11.7. The Hall–Kier alpha value is -2.25. The van der Waals surface area contributed by atoms with Crippen molar-refractivity contribution in [2.75, 3.05) is 11.9 Å². The van der Waals surface area contributed by atoms with Crippen LogP contribution in [-0.4, -0.2) is 12.6 Å². The third-order valence-corrected chi connectivity index (χ3v) is 3.69. The van der Waals surface area contributed by atoms with Crippen LogP contribution in [0.5, 0.6) is 5.75 Å². The molecule has 2 aromatic carbocycles. The second-order valence-corrected chi connectivity index (χ2v) is 5.29. The van der Waals surface area contributed by atoms with Crippen molar-refractivity contribution in [2.24, 2.45) is 0 Å². The molecule has 0 radical (unpaired) electrons. The highest BCUT2D eigenvalue weighted by atomic mass is 35.5. The van der Waals surface area contributed by atoms with Gasteiger partial charge in [0.25, 0.3) is 0 Å². The van der Waals surface area contributed by atoms with Crippen molar-refractivity contribution in [3.8, 4) is 11.8 Å². The van der Waals surface area contributed by atoms with Gasteiger partial charge in [0, 0.05) is 12.0 Å². The molecule has 0 saturated heterocycles. The van der Waals surface area contributed by atoms with E-state index in [2.05, 4.69) is 5.32 Å². The van der Waals surface area contributed by atoms with Crippen LogP contribution in [0.15, 0.2) is 36.4 Å². The molecule has 0 fully saturated rings. The average Bonchev–Trinajstić information content (AvgIpc) is 2.87. The lowest BCUT2D eigenvalue weighted by Crippen LogP contribution is -2.24. The van der Waals surface area contributed by atoms with Gasteiger partial charge in [-0.05, 0) is 36.4 Å². The van der Waals surface area contributed by atoms with Crippen molar-refractivity contribution in [3.05, 3.63) is 58.4 Å². The van der Waals surface area contributed by atoms with E-state index in [1.807, 2.05) is 6.07 Å². The normalized spacial score (nSPS) is 16.0. The maximum atomic E-state index is 13.1. The fourth-order valence-corrected chi connectivity index (χ4v) is 2.60. The van der Waals surface area contributed by atoms with Crippen LogP contribution in [0.1, 0.15) is 11.1 Å². The number of nitrogens with zero attached hydrogens (tertiary/aromatic N) is 1. The molecule has 0 aromatic heterocycles. The van der Waals surface area contributed by atoms with E-state index in [-0.39, 0.29) is 11.9 Å². The van der Waals surface area contributed by atoms with Gasteiger partial charge in [-0.25, -0.2) is 4.39 Å². The topological polar surface area (TPSA) is 45.0 Å². The molecule has 21 heavy (non-hydrogen) atoms. The zero-order chi connectivity index (χ0) is 14.8. The molecule has 1 aliphatic rings. The van der Waals surface area contributed by atoms with E-state index in [9.17, 15) is 4.39 Å². The molecule has 0 saturated carbocycles. The number of hydrogen-bond donors (Lipinski definition) is 1. The van der Waals surface area contributed by atoms with Crippen LogP contribution in [0.4, 0.5) is 10.1 Å². The summed E-state index contributed by atoms with van der Waals surface area (Å²) in [5.41, 5.74) is 2.15. The number of anilines is 1. The SMILES string of the molecule is N#Cc1ccc(NCC2Cc3cc(F)ccc3O2)c(Cl)c1. The molecule has 1 unspecified atom stereocenters. The quantitative estimate of drug-likeness (QED) is 0.939. The Morgan fingerprint density at radius 3 is 2.95 bits per heavy atom. The minimum absolute atomic E-state index is 0.0616. The Kier molecular flexibility index (Phi) is 3.68. The minimum Gasteiger partial charge on any atom is -0.488 e. The van der Waals surface area contributed by atoms with Crippen molar-refractivity contribution < 1.29 is 9.13 Å². The number of nitrogens with one attached hydrogen (secondary N) is 1. The number of benzene rings is 2. The Balaban J connectivity index is 1.64. The summed E-state index contributed by atoms with van der Waals surface area (Å²) in [7, 11) is 0. The summed E-state index contributed by atoms with van der Waals surface area (Å²) in [5, 5.41) is 12.5. The Bertz CT molecular complexity index is 727. The van der Waals surface area contributed by atoms with Crippen LogP contribution >= 0.6 is 11.6 Å². The van der Waals surface area contributed by atoms with Crippen LogP contribution in [0.3, 0.4) is 0 Å². The second-order valence-electron chi connectivity index (χ2n) is 4.88. The molecule has 1 heterocycles. The first-order valence-electron chi connectivity index (χ1n) is 6.54. The van der Waals surface area contributed by atoms with Gasteiger partial charge in [-0.1, -0.05) is 11.6 Å². The predicted octanol–water partition coefficient (Wildman–Crippen LogP) is 3.77. The molecule has 106 valence electrons. The van der Waals surface area contributed by atoms with Crippen molar-refractivity contribution in [2.45, 2.75) is 12.5 Å². The van der Waals surface area contributed by atoms with Crippen molar-refractivity contribution in [1.29, 1.82) is 5.26 Å². The molecule has 5 heteroatoms. The number of nitriles is 1. The van der Waals surface area contributed by atoms with Gasteiger partial charge in [-0.15, -0.1) is 0 Å². The predicted molar refractivity (Wildman–Crippen MR) is 79.2 cm³/mol. The molecule has 3 rings (SSSR count). The molecular formula is C16H12ClFN2O. The number of rotatable bonds is 3. The summed E-state index contributed by atoms with van der Waals surface area (Å²) >= 11 is 6.10. The second kappa shape index (κ2) is 5.63. The van der Waals surface area contributed by atoms with E-state index in [1.54, 1.807) is 24.3 Å². The first-order chi connectivity index (χ1) is 10.2. The maximum absolute atomic E-state index is 13.1. The molecule has 0 spiro atoms. The maximum Gasteiger partial charge on any atom is 0.123 e. The first kappa shape index (κ1) is 13.7. The van der Waals surface area contributed by atoms with Crippen molar-refractivity contribution >= 4 is 17.3 Å². The molecule has 0 bridgehead atoms. The Morgan fingerprint density at radius 2 is 2.19 bits per heavy atom. The smallest absolute Gasteiger partial charge is 0.123 e. The molecule has 0 aliphatic carbocycles. The van der Waals surface area contributed by atoms with Crippen LogP contribution < -0.4 is 10.1 Å². The van der Waals surface area contributed by atoms with Gasteiger partial charge in [-0.3, -0.25) is 0 Å². The van der Waals surface area contributed by atoms with Gasteiger partial charge in [0.2, 0.25) is 0 Å². The van der Waals surface area contributed by atoms with E-state index in [0.717, 1.165) is 17.0 Å². The van der Waals surface area contributed by atoms with Gasteiger partial charge >= 0.3 is 0 Å². The number of halogens is 2. The van der Waals surface area contributed by atoms with E-state index >= 15 is 0 Å². The summed E-state index contributed by atoms with van der Waals surface area (Å²) in [4.78, 5) is 0. The Labute approximate surface area is 126 Å². The molecule has 3 nitrogen and oxygen atoms in total. The third kappa shape index (κ3) is 2.93. The number of ether oxygens (including phenoxy) is 1. The highest BCUT2D eigenvalue weighted by Gasteiger charge is 2.23. The molecular weight excluding hydrogens is 291 g/mol. The van der Waals surface area contributed by atoms with Crippen molar-refractivity contribution in [3.63, 3.8) is 0 Å². The first-order valence-corrected chi connectivity index (χ1v) is 6.92. The highest BCUT2D eigenvalue weighted by Crippen LogP contribution is 2.30. The summed E-state index contributed by atoms with van der Waals surface area (Å²) in [5.74, 6) is 0.482. The zero-order valence-electron chi connectivity index (χ0n) is 11.1. The molecule has 1 aliphatic heterocycles. The summed E-state index contributed by atoms with van der Waals surface area (Å²) in [6.45, 7) is 0.557. The van der Waals surface area contributed by atoms with E-state index in [4.69, 9.17) is 21.6 Å². The zero-order valence-corrected chi connectivity index (χ0v) is 11.8. The highest BCUT2D eigenvalue weighted by molar-refractivity contribution is 6.33. The molecule has 0 amide bonds. The van der Waals surface area contributed by atoms with E-state index < -0.39 is 0 Å². The standard InChI is InChI=1S/C16H12ClFN2O/c17-14-5-10(8-19)1-3-15(14)20-9-13-7-11-6-12(18)2-4-16(11)21-13/h1-6,13,20H,7,9H2. The number of fused-ring (bicyclic) bond motifs is 1. The van der Waals surface area contributed by atoms with E-state index in [1.165, 1.54) is 12.1 Å². The van der Waals surface area contributed by atoms with Gasteiger partial charge < -0.3 is 10.1 Å². The lowest BCUT2D eigenvalue weighted by atomic mass is 10.1. The molecule has 1 atom stereocenters. The fraction of sp³-hybridized carbons (Fsp3) is 0.188. The van der Waals surface area contributed by atoms with Crippen LogP contribution in [-0.2, 0) is 6.42 Å². The fourth-order valence-electron chi connectivity index (χ4n) is 2.35. The van der Waals surface area contributed by atoms with Crippen molar-refractivity contribution in [1.82, 2.24) is 0 Å². The monoisotopic (exact) mass is 302 g/mol. The van der Waals surface area contributed by atoms with Gasteiger partial charge in [0.1, 0.15) is 17.7 Å².